The van der Waals surface area contributed by atoms with Crippen LogP contribution in [0.4, 0.5) is 5.82 Å². The van der Waals surface area contributed by atoms with Gasteiger partial charge in [-0.15, -0.1) is 0 Å². The molecule has 1 aliphatic rings. The molecule has 5 heteroatoms. The molecule has 1 unspecified atom stereocenters. The number of thiocarbonyl (C=S) groups is 1. The predicted molar refractivity (Wildman–Crippen MR) is 47.2 cm³/mol. The van der Waals surface area contributed by atoms with Gasteiger partial charge in [0.2, 0.25) is 0 Å². The Morgan fingerprint density at radius 1 is 1.64 bits per heavy atom. The SMILES string of the molecule is S=CC1N=Cc2[nH]cnc2N1. The van der Waals surface area contributed by atoms with Crippen LogP contribution in [0, 0.1) is 0 Å². The zero-order valence-corrected chi connectivity index (χ0v) is 6.43. The van der Waals surface area contributed by atoms with Gasteiger partial charge in [0, 0.05) is 5.37 Å². The summed E-state index contributed by atoms with van der Waals surface area (Å²) in [5.41, 5.74) is 0.901. The Bertz CT molecular complexity index is 303. The highest BCUT2D eigenvalue weighted by molar-refractivity contribution is 7.79. The van der Waals surface area contributed by atoms with Crippen LogP contribution < -0.4 is 5.32 Å². The molecule has 0 spiro atoms. The number of rotatable bonds is 1. The second-order valence-corrected chi connectivity index (χ2v) is 2.44. The molecule has 2 N–H and O–H groups in total. The molecule has 1 aromatic rings. The number of aromatic nitrogens is 2. The van der Waals surface area contributed by atoms with Crippen molar-refractivity contribution in [1.82, 2.24) is 9.97 Å². The van der Waals surface area contributed by atoms with E-state index in [9.17, 15) is 0 Å². The normalized spacial score (nSPS) is 20.5. The van der Waals surface area contributed by atoms with Gasteiger partial charge in [-0.3, -0.25) is 4.99 Å². The average Bonchev–Trinajstić information content (AvgIpc) is 2.50. The number of hydrogen-bond acceptors (Lipinski definition) is 4. The number of nitrogens with zero attached hydrogens (tertiary/aromatic N) is 2. The monoisotopic (exact) mass is 166 g/mol. The van der Waals surface area contributed by atoms with E-state index in [-0.39, 0.29) is 6.17 Å². The fraction of sp³-hybridized carbons (Fsp3) is 0.167. The van der Waals surface area contributed by atoms with Crippen LogP contribution in [0.1, 0.15) is 5.69 Å². The van der Waals surface area contributed by atoms with Gasteiger partial charge < -0.3 is 10.3 Å². The molecule has 0 fully saturated rings. The van der Waals surface area contributed by atoms with E-state index < -0.39 is 0 Å². The van der Waals surface area contributed by atoms with Crippen LogP contribution in [0.15, 0.2) is 11.3 Å². The zero-order chi connectivity index (χ0) is 7.68. The maximum Gasteiger partial charge on any atom is 0.155 e. The highest BCUT2D eigenvalue weighted by atomic mass is 32.1. The number of anilines is 1. The molecule has 11 heavy (non-hydrogen) atoms. The summed E-state index contributed by atoms with van der Waals surface area (Å²) in [5, 5.41) is 4.59. The van der Waals surface area contributed by atoms with E-state index in [1.165, 1.54) is 0 Å². The first kappa shape index (κ1) is 6.48. The molecule has 0 radical (unpaired) electrons. The van der Waals surface area contributed by atoms with E-state index in [1.54, 1.807) is 17.9 Å². The molecule has 1 aliphatic heterocycles. The minimum atomic E-state index is -0.110. The molecular formula is C6H6N4S. The number of H-pyrrole nitrogens is 1. The van der Waals surface area contributed by atoms with Crippen LogP contribution in [-0.2, 0) is 0 Å². The Kier molecular flexibility index (Phi) is 1.43. The van der Waals surface area contributed by atoms with Crippen LogP contribution in [0.25, 0.3) is 0 Å². The van der Waals surface area contributed by atoms with Gasteiger partial charge in [-0.1, -0.05) is 12.2 Å². The first-order chi connectivity index (χ1) is 5.40. The number of aromatic amines is 1. The quantitative estimate of drug-likeness (QED) is 0.600. The smallest absolute Gasteiger partial charge is 0.155 e. The van der Waals surface area contributed by atoms with Crippen LogP contribution >= 0.6 is 12.2 Å². The number of nitrogens with one attached hydrogen (secondary N) is 2. The lowest BCUT2D eigenvalue weighted by atomic mass is 10.4. The van der Waals surface area contributed by atoms with Crippen LogP contribution in [-0.4, -0.2) is 27.7 Å². The molecule has 0 aromatic carbocycles. The molecule has 1 atom stereocenters. The van der Waals surface area contributed by atoms with Gasteiger partial charge in [-0.05, 0) is 0 Å². The minimum Gasteiger partial charge on any atom is -0.343 e. The highest BCUT2D eigenvalue weighted by Gasteiger charge is 2.11. The van der Waals surface area contributed by atoms with Gasteiger partial charge in [-0.2, -0.15) is 0 Å². The van der Waals surface area contributed by atoms with Crippen molar-refractivity contribution in [3.8, 4) is 0 Å². The van der Waals surface area contributed by atoms with Crippen LogP contribution in [0.2, 0.25) is 0 Å². The summed E-state index contributed by atoms with van der Waals surface area (Å²) in [5.74, 6) is 0.811. The summed E-state index contributed by atoms with van der Waals surface area (Å²) in [4.78, 5) is 11.1. The van der Waals surface area contributed by atoms with Crippen LogP contribution in [0.3, 0.4) is 0 Å². The number of imidazole rings is 1. The van der Waals surface area contributed by atoms with E-state index in [4.69, 9.17) is 12.2 Å². The molecule has 2 rings (SSSR count). The van der Waals surface area contributed by atoms with E-state index >= 15 is 0 Å². The summed E-state index contributed by atoms with van der Waals surface area (Å²) in [7, 11) is 0. The van der Waals surface area contributed by atoms with Crippen molar-refractivity contribution < 1.29 is 0 Å². The van der Waals surface area contributed by atoms with Gasteiger partial charge in [0.1, 0.15) is 11.9 Å². The number of aliphatic imine (C=N–C) groups is 1. The standard InChI is InChI=1S/C6H6N4S/c11-2-5-7-1-4-6(10-5)9-3-8-4/h1-3,5,10H,(H,8,9). The van der Waals surface area contributed by atoms with Crippen LogP contribution in [0.5, 0.6) is 0 Å². The Hall–Kier alpha value is -1.23. The molecule has 0 bridgehead atoms. The lowest BCUT2D eigenvalue weighted by Gasteiger charge is -2.12. The van der Waals surface area contributed by atoms with Crippen molar-refractivity contribution in [1.29, 1.82) is 0 Å². The summed E-state index contributed by atoms with van der Waals surface area (Å²) in [6.07, 6.45) is 3.24. The van der Waals surface area contributed by atoms with Gasteiger partial charge in [0.25, 0.3) is 0 Å². The molecule has 0 saturated heterocycles. The Balaban J connectivity index is 2.35. The zero-order valence-electron chi connectivity index (χ0n) is 5.61. The van der Waals surface area contributed by atoms with Gasteiger partial charge in [-0.25, -0.2) is 4.98 Å². The summed E-state index contributed by atoms with van der Waals surface area (Å²) in [6.45, 7) is 0. The summed E-state index contributed by atoms with van der Waals surface area (Å²) >= 11 is 4.74. The van der Waals surface area contributed by atoms with E-state index in [0.29, 0.717) is 0 Å². The van der Waals surface area contributed by atoms with Gasteiger partial charge in [0.15, 0.2) is 5.82 Å². The van der Waals surface area contributed by atoms with Crippen molar-refractivity contribution in [2.75, 3.05) is 5.32 Å². The number of fused-ring (bicyclic) bond motifs is 1. The fourth-order valence-electron chi connectivity index (χ4n) is 0.919. The molecule has 0 amide bonds. The Morgan fingerprint density at radius 3 is 3.36 bits per heavy atom. The van der Waals surface area contributed by atoms with Crippen molar-refractivity contribution in [2.24, 2.45) is 4.99 Å². The second kappa shape index (κ2) is 2.43. The lowest BCUT2D eigenvalue weighted by Crippen LogP contribution is -2.22. The first-order valence-corrected chi connectivity index (χ1v) is 3.65. The summed E-state index contributed by atoms with van der Waals surface area (Å²) < 4.78 is 0. The van der Waals surface area contributed by atoms with E-state index in [0.717, 1.165) is 11.5 Å². The van der Waals surface area contributed by atoms with Crippen molar-refractivity contribution in [3.05, 3.63) is 12.0 Å². The Labute approximate surface area is 68.8 Å². The number of hydrogen-bond donors (Lipinski definition) is 2. The summed E-state index contributed by atoms with van der Waals surface area (Å²) in [6, 6.07) is 0. The lowest BCUT2D eigenvalue weighted by molar-refractivity contribution is 1.000. The fourth-order valence-corrected chi connectivity index (χ4v) is 1.06. The predicted octanol–water partition coefficient (Wildman–Crippen LogP) is 0.580. The third kappa shape index (κ3) is 1.03. The van der Waals surface area contributed by atoms with Crippen molar-refractivity contribution in [3.63, 3.8) is 0 Å². The van der Waals surface area contributed by atoms with E-state index in [2.05, 4.69) is 20.3 Å². The Morgan fingerprint density at radius 2 is 2.55 bits per heavy atom. The maximum atomic E-state index is 4.74. The van der Waals surface area contributed by atoms with Gasteiger partial charge >= 0.3 is 0 Å². The maximum absolute atomic E-state index is 4.74. The largest absolute Gasteiger partial charge is 0.343 e. The highest BCUT2D eigenvalue weighted by Crippen LogP contribution is 2.12. The molecule has 0 saturated carbocycles. The molecule has 56 valence electrons. The van der Waals surface area contributed by atoms with E-state index in [1.807, 2.05) is 0 Å². The second-order valence-electron chi connectivity index (χ2n) is 2.17. The van der Waals surface area contributed by atoms with Crippen molar-refractivity contribution in [2.45, 2.75) is 6.17 Å². The molecule has 0 aliphatic carbocycles. The van der Waals surface area contributed by atoms with Crippen molar-refractivity contribution >= 4 is 29.6 Å². The minimum absolute atomic E-state index is 0.110. The topological polar surface area (TPSA) is 53.1 Å². The molecule has 2 heterocycles. The first-order valence-electron chi connectivity index (χ1n) is 3.18. The molecular weight excluding hydrogens is 160 g/mol. The molecule has 4 nitrogen and oxygen atoms in total. The third-order valence-corrected chi connectivity index (χ3v) is 1.70. The van der Waals surface area contributed by atoms with Gasteiger partial charge in [0.05, 0.1) is 12.5 Å². The molecule has 1 aromatic heterocycles. The average molecular weight is 166 g/mol. The third-order valence-electron chi connectivity index (χ3n) is 1.45.